The van der Waals surface area contributed by atoms with Crippen molar-refractivity contribution in [1.82, 2.24) is 14.9 Å². The molecule has 0 aliphatic rings. The average Bonchev–Trinajstić information content (AvgIpc) is 2.67. The predicted octanol–water partition coefficient (Wildman–Crippen LogP) is 1.57. The summed E-state index contributed by atoms with van der Waals surface area (Å²) in [5.74, 6) is 0. The van der Waals surface area contributed by atoms with E-state index in [9.17, 15) is 0 Å². The molecule has 1 heterocycles. The number of aromatic nitrogens is 2. The van der Waals surface area contributed by atoms with Crippen LogP contribution in [0.2, 0.25) is 0 Å². The fourth-order valence-electron chi connectivity index (χ4n) is 1.61. The number of nitrogens with one attached hydrogen (secondary N) is 1. The number of hydrogen-bond donors (Lipinski definition) is 1. The number of rotatable bonds is 3. The number of aryl methyl sites for hydroxylation is 1. The van der Waals surface area contributed by atoms with E-state index in [2.05, 4.69) is 28.5 Å². The number of nitrogens with zero attached hydrogens (tertiary/aromatic N) is 3. The minimum atomic E-state index is -0.126. The summed E-state index contributed by atoms with van der Waals surface area (Å²) < 4.78 is 1.99. The lowest BCUT2D eigenvalue weighted by Gasteiger charge is -2.06. The second kappa shape index (κ2) is 4.33. The van der Waals surface area contributed by atoms with Gasteiger partial charge in [0.25, 0.3) is 0 Å². The molecule has 0 aliphatic carbocycles. The molecule has 1 aromatic heterocycles. The van der Waals surface area contributed by atoms with E-state index in [1.165, 1.54) is 0 Å². The van der Waals surface area contributed by atoms with Crippen molar-refractivity contribution in [2.24, 2.45) is 7.05 Å². The van der Waals surface area contributed by atoms with Gasteiger partial charge in [0.2, 0.25) is 0 Å². The van der Waals surface area contributed by atoms with Gasteiger partial charge in [-0.3, -0.25) is 5.32 Å². The molecule has 0 aliphatic heterocycles. The van der Waals surface area contributed by atoms with Crippen LogP contribution in [0.1, 0.15) is 12.5 Å². The highest BCUT2D eigenvalue weighted by Crippen LogP contribution is 2.13. The van der Waals surface area contributed by atoms with Gasteiger partial charge in [0.05, 0.1) is 29.5 Å². The third kappa shape index (κ3) is 2.05. The summed E-state index contributed by atoms with van der Waals surface area (Å²) >= 11 is 0. The van der Waals surface area contributed by atoms with E-state index in [1.54, 1.807) is 6.33 Å². The minimum absolute atomic E-state index is 0.126. The molecule has 82 valence electrons. The van der Waals surface area contributed by atoms with Crippen molar-refractivity contribution in [2.75, 3.05) is 0 Å². The molecule has 2 rings (SSSR count). The van der Waals surface area contributed by atoms with Crippen LogP contribution in [0.4, 0.5) is 0 Å². The molecule has 4 heteroatoms. The molecular weight excluding hydrogens is 200 g/mol. The van der Waals surface area contributed by atoms with E-state index in [0.717, 1.165) is 16.6 Å². The molecule has 0 saturated carbocycles. The van der Waals surface area contributed by atoms with E-state index in [4.69, 9.17) is 5.26 Å². The van der Waals surface area contributed by atoms with Gasteiger partial charge in [-0.05, 0) is 24.6 Å². The normalized spacial score (nSPS) is 12.6. The van der Waals surface area contributed by atoms with Crippen LogP contribution in [0.15, 0.2) is 24.5 Å². The summed E-state index contributed by atoms with van der Waals surface area (Å²) in [6, 6.07) is 8.18. The first kappa shape index (κ1) is 10.7. The summed E-state index contributed by atoms with van der Waals surface area (Å²) in [4.78, 5) is 4.30. The van der Waals surface area contributed by atoms with Gasteiger partial charge in [0.15, 0.2) is 0 Å². The Hall–Kier alpha value is -1.86. The van der Waals surface area contributed by atoms with Crippen molar-refractivity contribution in [3.05, 3.63) is 30.1 Å². The van der Waals surface area contributed by atoms with Gasteiger partial charge in [0.1, 0.15) is 0 Å². The van der Waals surface area contributed by atoms with Crippen LogP contribution >= 0.6 is 0 Å². The van der Waals surface area contributed by atoms with Crippen molar-refractivity contribution in [1.29, 1.82) is 5.26 Å². The standard InChI is InChI=1S/C12H14N4/c1-9(6-13)14-7-10-3-4-12-11(5-10)15-8-16(12)2/h3-5,8-9,14H,7H2,1-2H3. The van der Waals surface area contributed by atoms with Gasteiger partial charge in [-0.1, -0.05) is 6.07 Å². The Balaban J connectivity index is 2.17. The van der Waals surface area contributed by atoms with Gasteiger partial charge in [-0.25, -0.2) is 4.98 Å². The fraction of sp³-hybridized carbons (Fsp3) is 0.333. The van der Waals surface area contributed by atoms with Gasteiger partial charge in [0, 0.05) is 13.6 Å². The molecule has 1 N–H and O–H groups in total. The smallest absolute Gasteiger partial charge is 0.0955 e. The Kier molecular flexibility index (Phi) is 2.88. The van der Waals surface area contributed by atoms with E-state index >= 15 is 0 Å². The fourth-order valence-corrected chi connectivity index (χ4v) is 1.61. The molecule has 2 aromatic rings. The lowest BCUT2D eigenvalue weighted by molar-refractivity contribution is 0.642. The molecule has 0 amide bonds. The second-order valence-electron chi connectivity index (χ2n) is 3.91. The summed E-state index contributed by atoms with van der Waals surface area (Å²) in [5, 5.41) is 11.8. The van der Waals surface area contributed by atoms with Crippen molar-refractivity contribution < 1.29 is 0 Å². The summed E-state index contributed by atoms with van der Waals surface area (Å²) in [5.41, 5.74) is 3.26. The molecule has 16 heavy (non-hydrogen) atoms. The maximum Gasteiger partial charge on any atom is 0.0955 e. The zero-order valence-corrected chi connectivity index (χ0v) is 9.44. The van der Waals surface area contributed by atoms with Crippen LogP contribution in [0.25, 0.3) is 11.0 Å². The number of fused-ring (bicyclic) bond motifs is 1. The molecule has 0 bridgehead atoms. The van der Waals surface area contributed by atoms with Crippen LogP contribution in [0.3, 0.4) is 0 Å². The van der Waals surface area contributed by atoms with Gasteiger partial charge in [-0.2, -0.15) is 5.26 Å². The van der Waals surface area contributed by atoms with Crippen molar-refractivity contribution in [3.63, 3.8) is 0 Å². The summed E-state index contributed by atoms with van der Waals surface area (Å²) in [7, 11) is 1.98. The first-order valence-corrected chi connectivity index (χ1v) is 5.23. The third-order valence-electron chi connectivity index (χ3n) is 2.60. The van der Waals surface area contributed by atoms with E-state index < -0.39 is 0 Å². The Labute approximate surface area is 94.5 Å². The van der Waals surface area contributed by atoms with Gasteiger partial charge in [-0.15, -0.1) is 0 Å². The summed E-state index contributed by atoms with van der Waals surface area (Å²) in [6.07, 6.45) is 1.81. The first-order valence-electron chi connectivity index (χ1n) is 5.23. The molecule has 0 spiro atoms. The molecule has 1 aromatic carbocycles. The highest BCUT2D eigenvalue weighted by molar-refractivity contribution is 5.75. The van der Waals surface area contributed by atoms with Crippen LogP contribution < -0.4 is 5.32 Å². The maximum absolute atomic E-state index is 8.66. The first-order chi connectivity index (χ1) is 7.70. The Morgan fingerprint density at radius 3 is 3.12 bits per heavy atom. The van der Waals surface area contributed by atoms with Crippen LogP contribution in [0, 0.1) is 11.3 Å². The quantitative estimate of drug-likeness (QED) is 0.843. The highest BCUT2D eigenvalue weighted by Gasteiger charge is 2.02. The van der Waals surface area contributed by atoms with E-state index in [-0.39, 0.29) is 6.04 Å². The number of hydrogen-bond acceptors (Lipinski definition) is 3. The SMILES string of the molecule is CC(C#N)NCc1ccc2c(c1)ncn2C. The lowest BCUT2D eigenvalue weighted by atomic mass is 10.2. The maximum atomic E-state index is 8.66. The zero-order chi connectivity index (χ0) is 11.5. The van der Waals surface area contributed by atoms with Crippen molar-refractivity contribution in [2.45, 2.75) is 19.5 Å². The van der Waals surface area contributed by atoms with Crippen LogP contribution in [0.5, 0.6) is 0 Å². The summed E-state index contributed by atoms with van der Waals surface area (Å²) in [6.45, 7) is 2.54. The molecule has 0 fully saturated rings. The number of imidazole rings is 1. The molecule has 4 nitrogen and oxygen atoms in total. The molecule has 0 saturated heterocycles. The molecule has 1 atom stereocenters. The van der Waals surface area contributed by atoms with Crippen LogP contribution in [-0.2, 0) is 13.6 Å². The zero-order valence-electron chi connectivity index (χ0n) is 9.44. The number of nitriles is 1. The largest absolute Gasteiger partial charge is 0.334 e. The van der Waals surface area contributed by atoms with Gasteiger partial charge >= 0.3 is 0 Å². The minimum Gasteiger partial charge on any atom is -0.334 e. The molecular formula is C12H14N4. The Morgan fingerprint density at radius 2 is 2.38 bits per heavy atom. The van der Waals surface area contributed by atoms with Gasteiger partial charge < -0.3 is 4.57 Å². The molecule has 0 radical (unpaired) electrons. The highest BCUT2D eigenvalue weighted by atomic mass is 15.0. The number of benzene rings is 1. The third-order valence-corrected chi connectivity index (χ3v) is 2.60. The topological polar surface area (TPSA) is 53.6 Å². The lowest BCUT2D eigenvalue weighted by Crippen LogP contribution is -2.23. The predicted molar refractivity (Wildman–Crippen MR) is 62.6 cm³/mol. The average molecular weight is 214 g/mol. The molecule has 1 unspecified atom stereocenters. The second-order valence-corrected chi connectivity index (χ2v) is 3.91. The van der Waals surface area contributed by atoms with Crippen molar-refractivity contribution >= 4 is 11.0 Å². The Morgan fingerprint density at radius 1 is 1.56 bits per heavy atom. The van der Waals surface area contributed by atoms with E-state index in [0.29, 0.717) is 6.54 Å². The Bertz CT molecular complexity index is 535. The monoisotopic (exact) mass is 214 g/mol. The van der Waals surface area contributed by atoms with Crippen LogP contribution in [-0.4, -0.2) is 15.6 Å². The van der Waals surface area contributed by atoms with E-state index in [1.807, 2.05) is 24.6 Å². The van der Waals surface area contributed by atoms with Crippen molar-refractivity contribution in [3.8, 4) is 6.07 Å².